The van der Waals surface area contributed by atoms with E-state index in [2.05, 4.69) is 11.8 Å². The second-order valence-corrected chi connectivity index (χ2v) is 2.96. The molecule has 0 rings (SSSR count). The van der Waals surface area contributed by atoms with Gasteiger partial charge in [-0.05, 0) is 26.9 Å². The standard InChI is InChI=1S/C8H19NO/c1-4-5-6-9(3)7-8(2)10/h8,10H,4-7H2,1-3H3/t8-/m0/s1. The Balaban J connectivity index is 3.16. The molecule has 0 amide bonds. The highest BCUT2D eigenvalue weighted by Crippen LogP contribution is 1.92. The molecule has 0 aromatic rings. The van der Waals surface area contributed by atoms with Crippen LogP contribution in [-0.2, 0) is 0 Å². The molecule has 0 aliphatic rings. The lowest BCUT2D eigenvalue weighted by atomic mass is 10.3. The Hall–Kier alpha value is -0.0800. The molecule has 0 fully saturated rings. The van der Waals surface area contributed by atoms with Crippen molar-refractivity contribution in [3.63, 3.8) is 0 Å². The lowest BCUT2D eigenvalue weighted by Crippen LogP contribution is -2.27. The summed E-state index contributed by atoms with van der Waals surface area (Å²) in [7, 11) is 2.04. The molecule has 0 saturated carbocycles. The van der Waals surface area contributed by atoms with Crippen molar-refractivity contribution in [2.75, 3.05) is 20.1 Å². The summed E-state index contributed by atoms with van der Waals surface area (Å²) in [5.74, 6) is 0. The Kier molecular flexibility index (Phi) is 5.64. The molecule has 1 atom stereocenters. The second-order valence-electron chi connectivity index (χ2n) is 2.96. The minimum absolute atomic E-state index is 0.193. The fourth-order valence-electron chi connectivity index (χ4n) is 0.970. The van der Waals surface area contributed by atoms with Crippen molar-refractivity contribution in [2.45, 2.75) is 32.8 Å². The summed E-state index contributed by atoms with van der Waals surface area (Å²) in [5.41, 5.74) is 0. The van der Waals surface area contributed by atoms with Gasteiger partial charge in [-0.3, -0.25) is 0 Å². The van der Waals surface area contributed by atoms with Crippen molar-refractivity contribution in [1.82, 2.24) is 4.90 Å². The smallest absolute Gasteiger partial charge is 0.0638 e. The van der Waals surface area contributed by atoms with Crippen molar-refractivity contribution in [2.24, 2.45) is 0 Å². The van der Waals surface area contributed by atoms with E-state index >= 15 is 0 Å². The Morgan fingerprint density at radius 3 is 2.50 bits per heavy atom. The zero-order valence-electron chi connectivity index (χ0n) is 7.30. The molecule has 2 heteroatoms. The van der Waals surface area contributed by atoms with Crippen LogP contribution in [0, 0.1) is 0 Å². The maximum absolute atomic E-state index is 8.98. The Bertz CT molecular complexity index is 73.7. The average Bonchev–Trinajstić information content (AvgIpc) is 1.82. The highest BCUT2D eigenvalue weighted by Gasteiger charge is 2.00. The van der Waals surface area contributed by atoms with Crippen molar-refractivity contribution in [3.05, 3.63) is 0 Å². The Labute approximate surface area is 63.8 Å². The predicted molar refractivity (Wildman–Crippen MR) is 44.1 cm³/mol. The van der Waals surface area contributed by atoms with Gasteiger partial charge in [-0.2, -0.15) is 0 Å². The van der Waals surface area contributed by atoms with Crippen LogP contribution < -0.4 is 0 Å². The van der Waals surface area contributed by atoms with Gasteiger partial charge in [0.25, 0.3) is 0 Å². The third kappa shape index (κ3) is 6.05. The van der Waals surface area contributed by atoms with Gasteiger partial charge in [0.1, 0.15) is 0 Å². The van der Waals surface area contributed by atoms with Crippen molar-refractivity contribution in [3.8, 4) is 0 Å². The van der Waals surface area contributed by atoms with Crippen LogP contribution in [-0.4, -0.2) is 36.2 Å². The first-order valence-corrected chi connectivity index (χ1v) is 4.03. The molecule has 1 N–H and O–H groups in total. The van der Waals surface area contributed by atoms with E-state index in [0.717, 1.165) is 13.1 Å². The van der Waals surface area contributed by atoms with E-state index in [1.807, 2.05) is 14.0 Å². The van der Waals surface area contributed by atoms with Gasteiger partial charge in [-0.25, -0.2) is 0 Å². The largest absolute Gasteiger partial charge is 0.392 e. The van der Waals surface area contributed by atoms with Crippen LogP contribution >= 0.6 is 0 Å². The number of hydrogen-bond donors (Lipinski definition) is 1. The summed E-state index contributed by atoms with van der Waals surface area (Å²) in [5, 5.41) is 8.98. The highest BCUT2D eigenvalue weighted by atomic mass is 16.3. The summed E-state index contributed by atoms with van der Waals surface area (Å²) in [6, 6.07) is 0. The minimum Gasteiger partial charge on any atom is -0.392 e. The molecule has 10 heavy (non-hydrogen) atoms. The van der Waals surface area contributed by atoms with Crippen LogP contribution in [0.5, 0.6) is 0 Å². The molecule has 0 aliphatic heterocycles. The molecule has 0 unspecified atom stereocenters. The third-order valence-corrected chi connectivity index (χ3v) is 1.47. The summed E-state index contributed by atoms with van der Waals surface area (Å²) < 4.78 is 0. The molecule has 0 aromatic heterocycles. The molecule has 62 valence electrons. The van der Waals surface area contributed by atoms with Gasteiger partial charge in [-0.15, -0.1) is 0 Å². The number of likely N-dealkylation sites (N-methyl/N-ethyl adjacent to an activating group) is 1. The molecule has 0 spiro atoms. The molecular formula is C8H19NO. The Morgan fingerprint density at radius 2 is 2.10 bits per heavy atom. The van der Waals surface area contributed by atoms with E-state index in [0.29, 0.717) is 0 Å². The van der Waals surface area contributed by atoms with E-state index in [-0.39, 0.29) is 6.10 Å². The van der Waals surface area contributed by atoms with E-state index < -0.39 is 0 Å². The predicted octanol–water partition coefficient (Wildman–Crippen LogP) is 1.10. The maximum Gasteiger partial charge on any atom is 0.0638 e. The van der Waals surface area contributed by atoms with Gasteiger partial charge >= 0.3 is 0 Å². The lowest BCUT2D eigenvalue weighted by Gasteiger charge is -2.17. The first-order valence-electron chi connectivity index (χ1n) is 4.03. The third-order valence-electron chi connectivity index (χ3n) is 1.47. The highest BCUT2D eigenvalue weighted by molar-refractivity contribution is 4.54. The van der Waals surface area contributed by atoms with Crippen molar-refractivity contribution < 1.29 is 5.11 Å². The molecule has 0 aromatic carbocycles. The molecule has 0 heterocycles. The Morgan fingerprint density at radius 1 is 1.50 bits per heavy atom. The summed E-state index contributed by atoms with van der Waals surface area (Å²) >= 11 is 0. The SMILES string of the molecule is CCCCN(C)C[C@H](C)O. The molecule has 0 aliphatic carbocycles. The minimum atomic E-state index is -0.193. The van der Waals surface area contributed by atoms with Crippen LogP contribution in [0.2, 0.25) is 0 Å². The number of aliphatic hydroxyl groups is 1. The second kappa shape index (κ2) is 5.69. The molecule has 0 saturated heterocycles. The normalized spacial score (nSPS) is 14.1. The topological polar surface area (TPSA) is 23.5 Å². The summed E-state index contributed by atoms with van der Waals surface area (Å²) in [4.78, 5) is 2.16. The number of rotatable bonds is 5. The van der Waals surface area contributed by atoms with Gasteiger partial charge in [0.15, 0.2) is 0 Å². The van der Waals surface area contributed by atoms with Gasteiger partial charge in [0, 0.05) is 6.54 Å². The monoisotopic (exact) mass is 145 g/mol. The average molecular weight is 145 g/mol. The van der Waals surface area contributed by atoms with Crippen LogP contribution in [0.4, 0.5) is 0 Å². The zero-order valence-corrected chi connectivity index (χ0v) is 7.30. The first-order chi connectivity index (χ1) is 4.66. The zero-order chi connectivity index (χ0) is 7.98. The first kappa shape index (κ1) is 9.92. The fraction of sp³-hybridized carbons (Fsp3) is 1.00. The van der Waals surface area contributed by atoms with Crippen LogP contribution in [0.3, 0.4) is 0 Å². The number of nitrogens with zero attached hydrogens (tertiary/aromatic N) is 1. The van der Waals surface area contributed by atoms with E-state index in [9.17, 15) is 0 Å². The van der Waals surface area contributed by atoms with Crippen LogP contribution in [0.1, 0.15) is 26.7 Å². The van der Waals surface area contributed by atoms with Crippen molar-refractivity contribution in [1.29, 1.82) is 0 Å². The molecule has 0 bridgehead atoms. The molecular weight excluding hydrogens is 126 g/mol. The lowest BCUT2D eigenvalue weighted by molar-refractivity contribution is 0.141. The van der Waals surface area contributed by atoms with Crippen LogP contribution in [0.25, 0.3) is 0 Å². The van der Waals surface area contributed by atoms with Gasteiger partial charge in [-0.1, -0.05) is 13.3 Å². The summed E-state index contributed by atoms with van der Waals surface area (Å²) in [6.45, 7) is 5.89. The number of aliphatic hydroxyl groups excluding tert-OH is 1. The number of unbranched alkanes of at least 4 members (excludes halogenated alkanes) is 1. The summed E-state index contributed by atoms with van der Waals surface area (Å²) in [6.07, 6.45) is 2.26. The van der Waals surface area contributed by atoms with E-state index in [1.165, 1.54) is 12.8 Å². The van der Waals surface area contributed by atoms with Crippen LogP contribution in [0.15, 0.2) is 0 Å². The molecule has 2 nitrogen and oxygen atoms in total. The van der Waals surface area contributed by atoms with Gasteiger partial charge in [0.2, 0.25) is 0 Å². The van der Waals surface area contributed by atoms with Gasteiger partial charge < -0.3 is 10.0 Å². The number of hydrogen-bond acceptors (Lipinski definition) is 2. The van der Waals surface area contributed by atoms with Gasteiger partial charge in [0.05, 0.1) is 6.10 Å². The fourth-order valence-corrected chi connectivity index (χ4v) is 0.970. The quantitative estimate of drug-likeness (QED) is 0.626. The van der Waals surface area contributed by atoms with E-state index in [4.69, 9.17) is 5.11 Å². The maximum atomic E-state index is 8.98. The van der Waals surface area contributed by atoms with E-state index in [1.54, 1.807) is 0 Å². The van der Waals surface area contributed by atoms with Crippen molar-refractivity contribution >= 4 is 0 Å². The molecule has 0 radical (unpaired) electrons.